The molecule has 0 saturated carbocycles. The summed E-state index contributed by atoms with van der Waals surface area (Å²) in [6.45, 7) is 0. The summed E-state index contributed by atoms with van der Waals surface area (Å²) in [6.07, 6.45) is 1.28. The van der Waals surface area contributed by atoms with Crippen molar-refractivity contribution in [3.05, 3.63) is 64.8 Å². The molecular weight excluding hydrogens is 329 g/mol. The van der Waals surface area contributed by atoms with Crippen LogP contribution in [0, 0.1) is 17.1 Å². The van der Waals surface area contributed by atoms with Crippen LogP contribution in [0.3, 0.4) is 0 Å². The third-order valence-electron chi connectivity index (χ3n) is 3.20. The van der Waals surface area contributed by atoms with E-state index >= 15 is 0 Å². The molecule has 0 heterocycles. The van der Waals surface area contributed by atoms with Gasteiger partial charge in [0.15, 0.2) is 4.91 Å². The Bertz CT molecular complexity index is 881. The first-order valence-electron chi connectivity index (χ1n) is 6.99. The molecule has 2 aromatic rings. The summed E-state index contributed by atoms with van der Waals surface area (Å²) in [4.78, 5) is 1.48. The number of hydrogen-bond donors (Lipinski definition) is 1. The number of benzene rings is 2. The van der Waals surface area contributed by atoms with E-state index in [-0.39, 0.29) is 5.69 Å². The average molecular weight is 345 g/mol. The number of halogens is 1. The van der Waals surface area contributed by atoms with Crippen molar-refractivity contribution in [2.75, 3.05) is 23.7 Å². The van der Waals surface area contributed by atoms with Gasteiger partial charge >= 0.3 is 0 Å². The van der Waals surface area contributed by atoms with Crippen LogP contribution in [0.25, 0.3) is 6.08 Å². The molecule has 5 nitrogen and oxygen atoms in total. The van der Waals surface area contributed by atoms with Crippen LogP contribution < -0.4 is 9.62 Å². The molecule has 0 aromatic heterocycles. The van der Waals surface area contributed by atoms with E-state index in [1.165, 1.54) is 18.2 Å². The Morgan fingerprint density at radius 1 is 1.12 bits per heavy atom. The molecule has 124 valence electrons. The number of hydrogen-bond acceptors (Lipinski definition) is 4. The highest BCUT2D eigenvalue weighted by Gasteiger charge is 2.17. The van der Waals surface area contributed by atoms with Crippen molar-refractivity contribution < 1.29 is 12.8 Å². The van der Waals surface area contributed by atoms with Gasteiger partial charge in [0.05, 0.1) is 0 Å². The molecule has 0 aliphatic rings. The van der Waals surface area contributed by atoms with E-state index in [9.17, 15) is 18.1 Å². The smallest absolute Gasteiger partial charge is 0.272 e. The van der Waals surface area contributed by atoms with Crippen LogP contribution in [0.4, 0.5) is 15.8 Å². The molecular formula is C17H16FN3O2S. The molecule has 0 unspecified atom stereocenters. The summed E-state index contributed by atoms with van der Waals surface area (Å²) in [5.41, 5.74) is 1.72. The van der Waals surface area contributed by atoms with Crippen LogP contribution in [0.1, 0.15) is 5.56 Å². The van der Waals surface area contributed by atoms with E-state index in [2.05, 4.69) is 4.72 Å². The van der Waals surface area contributed by atoms with Crippen molar-refractivity contribution in [1.29, 1.82) is 5.26 Å². The lowest BCUT2D eigenvalue weighted by atomic mass is 10.2. The second-order valence-corrected chi connectivity index (χ2v) is 6.87. The minimum absolute atomic E-state index is 0.181. The van der Waals surface area contributed by atoms with Crippen LogP contribution >= 0.6 is 0 Å². The molecule has 0 fully saturated rings. The Hall–Kier alpha value is -2.85. The van der Waals surface area contributed by atoms with Gasteiger partial charge in [-0.25, -0.2) is 12.8 Å². The Morgan fingerprint density at radius 2 is 1.71 bits per heavy atom. The van der Waals surface area contributed by atoms with Gasteiger partial charge in [-0.1, -0.05) is 12.1 Å². The maximum atomic E-state index is 12.9. The third kappa shape index (κ3) is 4.33. The van der Waals surface area contributed by atoms with Gasteiger partial charge in [-0.05, 0) is 48.0 Å². The fourth-order valence-corrected chi connectivity index (χ4v) is 2.89. The topological polar surface area (TPSA) is 73.2 Å². The first kappa shape index (κ1) is 17.5. The number of rotatable bonds is 5. The van der Waals surface area contributed by atoms with Gasteiger partial charge < -0.3 is 4.90 Å². The summed E-state index contributed by atoms with van der Waals surface area (Å²) in [5, 5.41) is 9.18. The first-order chi connectivity index (χ1) is 11.3. The summed E-state index contributed by atoms with van der Waals surface area (Å²) < 4.78 is 39.7. The number of allylic oxidation sites excluding steroid dienone is 1. The molecule has 0 aliphatic heterocycles. The second-order valence-electron chi connectivity index (χ2n) is 5.22. The van der Waals surface area contributed by atoms with Gasteiger partial charge in [0.2, 0.25) is 0 Å². The minimum Gasteiger partial charge on any atom is -0.378 e. The van der Waals surface area contributed by atoms with Crippen LogP contribution in [0.15, 0.2) is 53.4 Å². The molecule has 0 saturated heterocycles. The van der Waals surface area contributed by atoms with E-state index in [0.717, 1.165) is 17.8 Å². The molecule has 0 bridgehead atoms. The van der Waals surface area contributed by atoms with Crippen molar-refractivity contribution in [1.82, 2.24) is 0 Å². The molecule has 1 N–H and O–H groups in total. The number of anilines is 2. The van der Waals surface area contributed by atoms with E-state index in [0.29, 0.717) is 5.56 Å². The number of sulfonamides is 1. The lowest BCUT2D eigenvalue weighted by molar-refractivity contribution is 0.608. The summed E-state index contributed by atoms with van der Waals surface area (Å²) >= 11 is 0. The normalized spacial score (nSPS) is 11.7. The van der Waals surface area contributed by atoms with Crippen molar-refractivity contribution in [3.63, 3.8) is 0 Å². The Balaban J connectivity index is 2.28. The summed E-state index contributed by atoms with van der Waals surface area (Å²) in [6, 6.07) is 13.6. The zero-order valence-corrected chi connectivity index (χ0v) is 14.0. The average Bonchev–Trinajstić information content (AvgIpc) is 2.54. The molecule has 2 rings (SSSR count). The van der Waals surface area contributed by atoms with Gasteiger partial charge in [-0.3, -0.25) is 4.72 Å². The monoisotopic (exact) mass is 345 g/mol. The van der Waals surface area contributed by atoms with Gasteiger partial charge in [0.1, 0.15) is 11.9 Å². The molecule has 0 spiro atoms. The fraction of sp³-hybridized carbons (Fsp3) is 0.118. The summed E-state index contributed by atoms with van der Waals surface area (Å²) in [7, 11) is -0.263. The van der Waals surface area contributed by atoms with Crippen LogP contribution in [0.5, 0.6) is 0 Å². The van der Waals surface area contributed by atoms with Gasteiger partial charge in [-0.15, -0.1) is 0 Å². The Kier molecular flexibility index (Phi) is 5.21. The Morgan fingerprint density at radius 3 is 2.21 bits per heavy atom. The van der Waals surface area contributed by atoms with Gasteiger partial charge in [-0.2, -0.15) is 5.26 Å². The predicted octanol–water partition coefficient (Wildman–Crippen LogP) is 3.20. The maximum Gasteiger partial charge on any atom is 0.272 e. The molecule has 24 heavy (non-hydrogen) atoms. The Labute approximate surface area is 140 Å². The second kappa shape index (κ2) is 7.15. The molecule has 2 aromatic carbocycles. The van der Waals surface area contributed by atoms with E-state index in [1.54, 1.807) is 18.2 Å². The zero-order chi connectivity index (χ0) is 17.7. The highest BCUT2D eigenvalue weighted by Crippen LogP contribution is 2.19. The molecule has 7 heteroatoms. The highest BCUT2D eigenvalue weighted by molar-refractivity contribution is 7.96. The standard InChI is InChI=1S/C17H16FN3O2S/c1-21(2)16-9-3-13(4-10-16)11-17(12-19)24(22,23)20-15-7-5-14(18)6-8-15/h3-11,20H,1-2H3/b17-11+. The quantitative estimate of drug-likeness (QED) is 0.845. The zero-order valence-electron chi connectivity index (χ0n) is 13.2. The summed E-state index contributed by atoms with van der Waals surface area (Å²) in [5.74, 6) is -0.477. The minimum atomic E-state index is -4.05. The van der Waals surface area contributed by atoms with Gasteiger partial charge in [0.25, 0.3) is 10.0 Å². The SMILES string of the molecule is CN(C)c1ccc(/C=C(\C#N)S(=O)(=O)Nc2ccc(F)cc2)cc1. The molecule has 0 atom stereocenters. The van der Waals surface area contributed by atoms with E-state index in [4.69, 9.17) is 0 Å². The van der Waals surface area contributed by atoms with Crippen molar-refractivity contribution in [2.45, 2.75) is 0 Å². The number of nitrogens with one attached hydrogen (secondary N) is 1. The first-order valence-corrected chi connectivity index (χ1v) is 8.48. The van der Waals surface area contributed by atoms with Gasteiger partial charge in [0, 0.05) is 25.5 Å². The largest absolute Gasteiger partial charge is 0.378 e. The lowest BCUT2D eigenvalue weighted by Gasteiger charge is -2.12. The lowest BCUT2D eigenvalue weighted by Crippen LogP contribution is -2.14. The highest BCUT2D eigenvalue weighted by atomic mass is 32.2. The predicted molar refractivity (Wildman–Crippen MR) is 93.3 cm³/mol. The van der Waals surface area contributed by atoms with E-state index < -0.39 is 20.7 Å². The van der Waals surface area contributed by atoms with Crippen LogP contribution in [0.2, 0.25) is 0 Å². The number of nitriles is 1. The van der Waals surface area contributed by atoms with Crippen LogP contribution in [-0.4, -0.2) is 22.5 Å². The van der Waals surface area contributed by atoms with Crippen LogP contribution in [-0.2, 0) is 10.0 Å². The third-order valence-corrected chi connectivity index (χ3v) is 4.50. The molecule has 0 aliphatic carbocycles. The number of nitrogens with zero attached hydrogens (tertiary/aromatic N) is 2. The molecule has 0 amide bonds. The fourth-order valence-electron chi connectivity index (χ4n) is 1.92. The maximum absolute atomic E-state index is 12.9. The molecule has 0 radical (unpaired) electrons. The van der Waals surface area contributed by atoms with Crippen molar-refractivity contribution in [2.24, 2.45) is 0 Å². The van der Waals surface area contributed by atoms with E-state index in [1.807, 2.05) is 31.1 Å². The van der Waals surface area contributed by atoms with Crippen molar-refractivity contribution >= 4 is 27.5 Å². The van der Waals surface area contributed by atoms with Crippen molar-refractivity contribution in [3.8, 4) is 6.07 Å².